The predicted molar refractivity (Wildman–Crippen MR) is 79.5 cm³/mol. The Labute approximate surface area is 129 Å². The molecule has 6 heteroatoms. The van der Waals surface area contributed by atoms with E-state index in [0.717, 1.165) is 18.6 Å². The van der Waals surface area contributed by atoms with Crippen LogP contribution >= 0.6 is 0 Å². The molecule has 0 saturated carbocycles. The number of benzene rings is 2. The van der Waals surface area contributed by atoms with Gasteiger partial charge in [-0.1, -0.05) is 13.0 Å². The Kier molecular flexibility index (Phi) is 5.24. The maximum atomic E-state index is 12.5. The van der Waals surface area contributed by atoms with Crippen molar-refractivity contribution < 1.29 is 22.1 Å². The molecular formula is C16H15F3O2S. The van der Waals surface area contributed by atoms with Crippen LogP contribution < -0.4 is 4.74 Å². The smallest absolute Gasteiger partial charge is 0.416 e. The monoisotopic (exact) mass is 328 g/mol. The van der Waals surface area contributed by atoms with Crippen molar-refractivity contribution in [2.75, 3.05) is 5.75 Å². The first-order valence-corrected chi connectivity index (χ1v) is 8.05. The van der Waals surface area contributed by atoms with Crippen LogP contribution in [0.4, 0.5) is 13.2 Å². The van der Waals surface area contributed by atoms with E-state index in [1.807, 2.05) is 6.92 Å². The Morgan fingerprint density at radius 2 is 1.73 bits per heavy atom. The summed E-state index contributed by atoms with van der Waals surface area (Å²) in [6, 6.07) is 11.2. The van der Waals surface area contributed by atoms with Crippen LogP contribution in [0.25, 0.3) is 0 Å². The van der Waals surface area contributed by atoms with Gasteiger partial charge in [0.2, 0.25) is 0 Å². The van der Waals surface area contributed by atoms with E-state index in [2.05, 4.69) is 0 Å². The van der Waals surface area contributed by atoms with Crippen molar-refractivity contribution in [2.24, 2.45) is 0 Å². The Balaban J connectivity index is 2.14. The molecule has 22 heavy (non-hydrogen) atoms. The third-order valence-corrected chi connectivity index (χ3v) is 4.43. The molecule has 2 rings (SSSR count). The second kappa shape index (κ2) is 6.96. The highest BCUT2D eigenvalue weighted by Gasteiger charge is 2.30. The average molecular weight is 328 g/mol. The van der Waals surface area contributed by atoms with Crippen molar-refractivity contribution in [3.63, 3.8) is 0 Å². The molecule has 0 amide bonds. The van der Waals surface area contributed by atoms with Gasteiger partial charge in [-0.15, -0.1) is 0 Å². The second-order valence-electron chi connectivity index (χ2n) is 4.65. The number of alkyl halides is 3. The van der Waals surface area contributed by atoms with E-state index in [9.17, 15) is 17.4 Å². The van der Waals surface area contributed by atoms with Crippen LogP contribution in [-0.2, 0) is 17.0 Å². The fourth-order valence-electron chi connectivity index (χ4n) is 1.83. The molecule has 0 fully saturated rings. The molecule has 1 atom stereocenters. The number of hydrogen-bond acceptors (Lipinski definition) is 2. The minimum Gasteiger partial charge on any atom is -0.457 e. The number of ether oxygens (including phenoxy) is 1. The highest BCUT2D eigenvalue weighted by molar-refractivity contribution is 7.85. The summed E-state index contributed by atoms with van der Waals surface area (Å²) in [4.78, 5) is 0.645. The molecule has 0 spiro atoms. The molecule has 0 heterocycles. The van der Waals surface area contributed by atoms with Gasteiger partial charge in [0.1, 0.15) is 11.5 Å². The summed E-state index contributed by atoms with van der Waals surface area (Å²) in [7, 11) is -1.10. The van der Waals surface area contributed by atoms with Gasteiger partial charge in [-0.2, -0.15) is 13.2 Å². The summed E-state index contributed by atoms with van der Waals surface area (Å²) < 4.78 is 54.9. The molecule has 0 aliphatic rings. The zero-order chi connectivity index (χ0) is 16.2. The quantitative estimate of drug-likeness (QED) is 0.771. The SMILES string of the molecule is CCCS(=O)c1cccc(Oc2ccc(C(F)(F)F)cc2)c1. The molecule has 2 aromatic carbocycles. The van der Waals surface area contributed by atoms with Crippen molar-refractivity contribution in [1.82, 2.24) is 0 Å². The standard InChI is InChI=1S/C16H15F3O2S/c1-2-10-22(20)15-5-3-4-14(11-15)21-13-8-6-12(7-9-13)16(17,18)19/h3-9,11H,2,10H2,1H3. The summed E-state index contributed by atoms with van der Waals surface area (Å²) >= 11 is 0. The van der Waals surface area contributed by atoms with E-state index in [0.29, 0.717) is 22.1 Å². The number of rotatable bonds is 5. The van der Waals surface area contributed by atoms with Gasteiger partial charge < -0.3 is 4.74 Å². The van der Waals surface area contributed by atoms with E-state index in [1.54, 1.807) is 24.3 Å². The Bertz CT molecular complexity index is 651. The zero-order valence-corrected chi connectivity index (χ0v) is 12.7. The maximum Gasteiger partial charge on any atom is 0.416 e. The van der Waals surface area contributed by atoms with E-state index < -0.39 is 22.5 Å². The third-order valence-electron chi connectivity index (χ3n) is 2.88. The van der Waals surface area contributed by atoms with Crippen LogP contribution in [0.15, 0.2) is 53.4 Å². The maximum absolute atomic E-state index is 12.5. The topological polar surface area (TPSA) is 26.3 Å². The molecule has 2 aromatic rings. The van der Waals surface area contributed by atoms with Crippen LogP contribution in [0.2, 0.25) is 0 Å². The first-order valence-electron chi connectivity index (χ1n) is 6.73. The fourth-order valence-corrected chi connectivity index (χ4v) is 2.92. The summed E-state index contributed by atoms with van der Waals surface area (Å²) in [5.41, 5.74) is -0.724. The molecule has 0 N–H and O–H groups in total. The highest BCUT2D eigenvalue weighted by atomic mass is 32.2. The van der Waals surface area contributed by atoms with Gasteiger partial charge in [0, 0.05) is 10.6 Å². The third kappa shape index (κ3) is 4.34. The summed E-state index contributed by atoms with van der Waals surface area (Å²) in [5, 5.41) is 0. The Hall–Kier alpha value is -1.82. The summed E-state index contributed by atoms with van der Waals surface area (Å²) in [5.74, 6) is 1.30. The zero-order valence-electron chi connectivity index (χ0n) is 11.9. The van der Waals surface area contributed by atoms with Gasteiger partial charge in [0.25, 0.3) is 0 Å². The number of halogens is 3. The van der Waals surface area contributed by atoms with E-state index in [1.165, 1.54) is 12.1 Å². The van der Waals surface area contributed by atoms with Crippen LogP contribution in [0.3, 0.4) is 0 Å². The van der Waals surface area contributed by atoms with Gasteiger partial charge >= 0.3 is 6.18 Å². The Morgan fingerprint density at radius 3 is 2.32 bits per heavy atom. The lowest BCUT2D eigenvalue weighted by Gasteiger charge is -2.10. The first kappa shape index (κ1) is 16.5. The van der Waals surface area contributed by atoms with Crippen LogP contribution in [0.5, 0.6) is 11.5 Å². The van der Waals surface area contributed by atoms with Crippen molar-refractivity contribution in [3.8, 4) is 11.5 Å². The minimum atomic E-state index is -4.37. The number of hydrogen-bond donors (Lipinski definition) is 0. The summed E-state index contributed by atoms with van der Waals surface area (Å²) in [6.07, 6.45) is -3.56. The van der Waals surface area contributed by atoms with Gasteiger partial charge in [0.15, 0.2) is 0 Å². The molecule has 0 aliphatic carbocycles. The fraction of sp³-hybridized carbons (Fsp3) is 0.250. The average Bonchev–Trinajstić information content (AvgIpc) is 2.47. The van der Waals surface area contributed by atoms with Gasteiger partial charge in [-0.25, -0.2) is 0 Å². The lowest BCUT2D eigenvalue weighted by atomic mass is 10.2. The molecule has 118 valence electrons. The van der Waals surface area contributed by atoms with E-state index >= 15 is 0 Å². The largest absolute Gasteiger partial charge is 0.457 e. The summed E-state index contributed by atoms with van der Waals surface area (Å²) in [6.45, 7) is 1.94. The second-order valence-corrected chi connectivity index (χ2v) is 6.22. The van der Waals surface area contributed by atoms with Crippen LogP contribution in [0.1, 0.15) is 18.9 Å². The molecule has 0 radical (unpaired) electrons. The molecule has 1 unspecified atom stereocenters. The molecule has 0 aromatic heterocycles. The van der Waals surface area contributed by atoms with E-state index in [-0.39, 0.29) is 0 Å². The van der Waals surface area contributed by atoms with Gasteiger partial charge in [-0.3, -0.25) is 4.21 Å². The van der Waals surface area contributed by atoms with Crippen molar-refractivity contribution in [1.29, 1.82) is 0 Å². The Morgan fingerprint density at radius 1 is 1.05 bits per heavy atom. The minimum absolute atomic E-state index is 0.298. The lowest BCUT2D eigenvalue weighted by Crippen LogP contribution is -2.04. The van der Waals surface area contributed by atoms with Crippen molar-refractivity contribution in [2.45, 2.75) is 24.4 Å². The lowest BCUT2D eigenvalue weighted by molar-refractivity contribution is -0.137. The highest BCUT2D eigenvalue weighted by Crippen LogP contribution is 2.31. The molecule has 0 bridgehead atoms. The molecular weight excluding hydrogens is 313 g/mol. The normalized spacial score (nSPS) is 12.9. The van der Waals surface area contributed by atoms with E-state index in [4.69, 9.17) is 4.74 Å². The molecule has 2 nitrogen and oxygen atoms in total. The van der Waals surface area contributed by atoms with Crippen molar-refractivity contribution >= 4 is 10.8 Å². The predicted octanol–water partition coefficient (Wildman–Crippen LogP) is 5.02. The van der Waals surface area contributed by atoms with Gasteiger partial charge in [0.05, 0.1) is 16.4 Å². The van der Waals surface area contributed by atoms with Crippen LogP contribution in [-0.4, -0.2) is 9.96 Å². The molecule has 0 saturated heterocycles. The molecule has 0 aliphatic heterocycles. The van der Waals surface area contributed by atoms with Crippen LogP contribution in [0, 0.1) is 0 Å². The van der Waals surface area contributed by atoms with Gasteiger partial charge in [-0.05, 0) is 48.9 Å². The van der Waals surface area contributed by atoms with Crippen molar-refractivity contribution in [3.05, 3.63) is 54.1 Å². The first-order chi connectivity index (χ1) is 10.4.